The number of amides is 1. The number of carboxylic acid groups (broad SMARTS) is 1. The van der Waals surface area contributed by atoms with Gasteiger partial charge in [0, 0.05) is 23.4 Å². The van der Waals surface area contributed by atoms with Crippen molar-refractivity contribution >= 4 is 29.3 Å². The van der Waals surface area contributed by atoms with Gasteiger partial charge in [0.2, 0.25) is 0 Å². The summed E-state index contributed by atoms with van der Waals surface area (Å²) < 4.78 is 11.8. The van der Waals surface area contributed by atoms with Crippen molar-refractivity contribution in [3.63, 3.8) is 0 Å². The number of esters is 1. The lowest BCUT2D eigenvalue weighted by Gasteiger charge is -2.30. The first-order valence-electron chi connectivity index (χ1n) is 12.4. The summed E-state index contributed by atoms with van der Waals surface area (Å²) in [6.45, 7) is -0.0616. The lowest BCUT2D eigenvalue weighted by molar-refractivity contribution is -0.139. The van der Waals surface area contributed by atoms with E-state index in [1.54, 1.807) is 29.8 Å². The first-order chi connectivity index (χ1) is 17.9. The van der Waals surface area contributed by atoms with E-state index in [9.17, 15) is 19.5 Å². The summed E-state index contributed by atoms with van der Waals surface area (Å²) in [7, 11) is 2.91. The Morgan fingerprint density at radius 3 is 2.49 bits per heavy atom. The van der Waals surface area contributed by atoms with Crippen LogP contribution in [0.2, 0.25) is 0 Å². The number of nitrogens with zero attached hydrogens (tertiary/aromatic N) is 2. The number of ether oxygens (including phenoxy) is 2. The fourth-order valence-electron chi connectivity index (χ4n) is 4.85. The van der Waals surface area contributed by atoms with Gasteiger partial charge in [0.1, 0.15) is 29.5 Å². The van der Waals surface area contributed by atoms with Crippen LogP contribution >= 0.6 is 0 Å². The number of hydrogen-bond donors (Lipinski definition) is 3. The van der Waals surface area contributed by atoms with Gasteiger partial charge in [0.05, 0.1) is 20.6 Å². The Kier molecular flexibility index (Phi) is 8.27. The number of aliphatic carboxylic acids is 1. The molecule has 2 aromatic heterocycles. The molecule has 37 heavy (non-hydrogen) atoms. The number of aromatic nitrogens is 2. The zero-order valence-electron chi connectivity index (χ0n) is 21.0. The molecule has 1 aliphatic carbocycles. The fourth-order valence-corrected chi connectivity index (χ4v) is 4.85. The summed E-state index contributed by atoms with van der Waals surface area (Å²) >= 11 is 0. The van der Waals surface area contributed by atoms with E-state index in [1.165, 1.54) is 7.11 Å². The number of fused-ring (bicyclic) bond motifs is 1. The van der Waals surface area contributed by atoms with Gasteiger partial charge in [-0.25, -0.2) is 4.98 Å². The number of hydrogen-bond acceptors (Lipinski definition) is 7. The molecular formula is C27H32N4O6. The standard InChI is InChI=1S/C27H32N4O6/c1-36-20-10-8-18(9-11-20)25-26(28-16-24(34)37-2)31-13-12-19(14-22(31)30-25)27(35)29-21(15-23(32)33)17-6-4-3-5-7-17/h8-14,17,21,28H,3-7,15-16H2,1-2H3,(H,29,35)(H,32,33). The van der Waals surface area contributed by atoms with E-state index in [0.717, 1.165) is 37.7 Å². The van der Waals surface area contributed by atoms with E-state index in [2.05, 4.69) is 10.6 Å². The van der Waals surface area contributed by atoms with E-state index in [4.69, 9.17) is 14.5 Å². The molecule has 0 radical (unpaired) electrons. The number of nitrogens with one attached hydrogen (secondary N) is 2. The number of pyridine rings is 1. The van der Waals surface area contributed by atoms with Gasteiger partial charge in [-0.3, -0.25) is 18.8 Å². The molecule has 0 spiro atoms. The molecular weight excluding hydrogens is 476 g/mol. The second kappa shape index (κ2) is 11.8. The van der Waals surface area contributed by atoms with Crippen LogP contribution in [0.4, 0.5) is 5.82 Å². The molecule has 1 saturated carbocycles. The number of imidazole rings is 1. The maximum absolute atomic E-state index is 13.2. The Hall–Kier alpha value is -4.08. The summed E-state index contributed by atoms with van der Waals surface area (Å²) in [6.07, 6.45) is 6.67. The molecule has 0 saturated heterocycles. The van der Waals surface area contributed by atoms with Crippen molar-refractivity contribution in [2.24, 2.45) is 5.92 Å². The van der Waals surface area contributed by atoms with Crippen molar-refractivity contribution in [1.82, 2.24) is 14.7 Å². The van der Waals surface area contributed by atoms with Crippen LogP contribution in [-0.4, -0.2) is 59.1 Å². The Balaban J connectivity index is 1.64. The van der Waals surface area contributed by atoms with Crippen molar-refractivity contribution in [2.45, 2.75) is 44.6 Å². The molecule has 10 heteroatoms. The van der Waals surface area contributed by atoms with Crippen LogP contribution in [0.3, 0.4) is 0 Å². The first-order valence-corrected chi connectivity index (χ1v) is 12.4. The van der Waals surface area contributed by atoms with Gasteiger partial charge >= 0.3 is 11.9 Å². The Bertz CT molecular complexity index is 1260. The molecule has 2 heterocycles. The van der Waals surface area contributed by atoms with Crippen molar-refractivity contribution < 1.29 is 29.0 Å². The zero-order valence-corrected chi connectivity index (χ0v) is 21.0. The smallest absolute Gasteiger partial charge is 0.325 e. The fraction of sp³-hybridized carbons (Fsp3) is 0.407. The third-order valence-corrected chi connectivity index (χ3v) is 6.81. The molecule has 10 nitrogen and oxygen atoms in total. The lowest BCUT2D eigenvalue weighted by Crippen LogP contribution is -2.42. The van der Waals surface area contributed by atoms with Gasteiger partial charge in [0.15, 0.2) is 0 Å². The minimum Gasteiger partial charge on any atom is -0.497 e. The topological polar surface area (TPSA) is 131 Å². The molecule has 1 unspecified atom stereocenters. The van der Waals surface area contributed by atoms with Gasteiger partial charge in [-0.1, -0.05) is 19.3 Å². The number of benzene rings is 1. The minimum absolute atomic E-state index is 0.0616. The summed E-state index contributed by atoms with van der Waals surface area (Å²) in [5.41, 5.74) is 2.26. The number of anilines is 1. The monoisotopic (exact) mass is 508 g/mol. The highest BCUT2D eigenvalue weighted by molar-refractivity contribution is 5.96. The van der Waals surface area contributed by atoms with Crippen LogP contribution in [0, 0.1) is 5.92 Å². The predicted octanol–water partition coefficient (Wildman–Crippen LogP) is 3.75. The third-order valence-electron chi connectivity index (χ3n) is 6.81. The van der Waals surface area contributed by atoms with Crippen LogP contribution in [0.15, 0.2) is 42.6 Å². The second-order valence-electron chi connectivity index (χ2n) is 9.19. The van der Waals surface area contributed by atoms with Gasteiger partial charge in [-0.2, -0.15) is 0 Å². The minimum atomic E-state index is -0.926. The van der Waals surface area contributed by atoms with Gasteiger partial charge in [0.25, 0.3) is 5.91 Å². The van der Waals surface area contributed by atoms with Crippen LogP contribution in [0.5, 0.6) is 5.75 Å². The number of rotatable bonds is 10. The van der Waals surface area contributed by atoms with Crippen LogP contribution in [0.1, 0.15) is 48.9 Å². The van der Waals surface area contributed by atoms with Crippen molar-refractivity contribution in [1.29, 1.82) is 0 Å². The number of methoxy groups -OCH3 is 2. The zero-order chi connectivity index (χ0) is 26.4. The maximum Gasteiger partial charge on any atom is 0.325 e. The van der Waals surface area contributed by atoms with E-state index >= 15 is 0 Å². The van der Waals surface area contributed by atoms with Crippen LogP contribution in [0.25, 0.3) is 16.9 Å². The molecule has 4 rings (SSSR count). The van der Waals surface area contributed by atoms with Gasteiger partial charge in [-0.05, 0) is 55.2 Å². The highest BCUT2D eigenvalue weighted by atomic mass is 16.5. The average molecular weight is 509 g/mol. The largest absolute Gasteiger partial charge is 0.497 e. The number of carbonyl (C=O) groups excluding carboxylic acids is 2. The SMILES string of the molecule is COC(=O)CNc1c(-c2ccc(OC)cc2)nc2cc(C(=O)NC(CC(=O)O)C3CCCCC3)ccn12. The molecule has 1 aliphatic rings. The molecule has 0 aliphatic heterocycles. The highest BCUT2D eigenvalue weighted by Crippen LogP contribution is 2.31. The number of carboxylic acids is 1. The summed E-state index contributed by atoms with van der Waals surface area (Å²) in [5.74, 6) is -0.270. The predicted molar refractivity (Wildman–Crippen MR) is 138 cm³/mol. The normalized spacial score (nSPS) is 14.6. The number of carbonyl (C=O) groups is 3. The molecule has 1 atom stereocenters. The van der Waals surface area contributed by atoms with Gasteiger partial charge < -0.3 is 25.2 Å². The van der Waals surface area contributed by atoms with Gasteiger partial charge in [-0.15, -0.1) is 0 Å². The average Bonchev–Trinajstić information content (AvgIpc) is 3.29. The quantitative estimate of drug-likeness (QED) is 0.353. The van der Waals surface area contributed by atoms with Crippen molar-refractivity contribution in [3.05, 3.63) is 48.2 Å². The summed E-state index contributed by atoms with van der Waals surface area (Å²) in [5, 5.41) is 15.5. The Labute approximate surface area is 215 Å². The van der Waals surface area contributed by atoms with E-state index < -0.39 is 18.0 Å². The third kappa shape index (κ3) is 6.19. The molecule has 0 bridgehead atoms. The van der Waals surface area contributed by atoms with E-state index in [1.807, 2.05) is 24.3 Å². The van der Waals surface area contributed by atoms with E-state index in [0.29, 0.717) is 28.5 Å². The molecule has 3 aromatic rings. The van der Waals surface area contributed by atoms with Crippen molar-refractivity contribution in [2.75, 3.05) is 26.1 Å². The van der Waals surface area contributed by atoms with Crippen LogP contribution in [-0.2, 0) is 14.3 Å². The second-order valence-corrected chi connectivity index (χ2v) is 9.19. The molecule has 1 amide bonds. The molecule has 1 aromatic carbocycles. The summed E-state index contributed by atoms with van der Waals surface area (Å²) in [6, 6.07) is 10.2. The molecule has 196 valence electrons. The van der Waals surface area contributed by atoms with Crippen molar-refractivity contribution in [3.8, 4) is 17.0 Å². The lowest BCUT2D eigenvalue weighted by atomic mass is 9.82. The molecule has 3 N–H and O–H groups in total. The maximum atomic E-state index is 13.2. The highest BCUT2D eigenvalue weighted by Gasteiger charge is 2.28. The Morgan fingerprint density at radius 1 is 1.11 bits per heavy atom. The first kappa shape index (κ1) is 26.0. The van der Waals surface area contributed by atoms with E-state index in [-0.39, 0.29) is 24.8 Å². The summed E-state index contributed by atoms with van der Waals surface area (Å²) in [4.78, 5) is 41.2. The van der Waals surface area contributed by atoms with Crippen LogP contribution < -0.4 is 15.4 Å². The molecule has 1 fully saturated rings. The Morgan fingerprint density at radius 2 is 1.84 bits per heavy atom.